The van der Waals surface area contributed by atoms with Crippen LogP contribution in [0.2, 0.25) is 0 Å². The van der Waals surface area contributed by atoms with Gasteiger partial charge in [-0.15, -0.1) is 10.2 Å². The van der Waals surface area contributed by atoms with Crippen molar-refractivity contribution in [3.63, 3.8) is 0 Å². The Hall–Kier alpha value is -3.15. The first kappa shape index (κ1) is 15.7. The second-order valence-electron chi connectivity index (χ2n) is 5.00. The van der Waals surface area contributed by atoms with Crippen molar-refractivity contribution in [3.8, 4) is 17.2 Å². The monoisotopic (exact) mass is 323 g/mol. The molecular formula is C18H17N3O3. The van der Waals surface area contributed by atoms with Gasteiger partial charge in [-0.05, 0) is 31.2 Å². The van der Waals surface area contributed by atoms with Gasteiger partial charge < -0.3 is 14.1 Å². The summed E-state index contributed by atoms with van der Waals surface area (Å²) in [5.41, 5.74) is 1.43. The lowest BCUT2D eigenvalue weighted by Crippen LogP contribution is -2.30. The van der Waals surface area contributed by atoms with Gasteiger partial charge in [-0.1, -0.05) is 30.3 Å². The molecule has 0 fully saturated rings. The van der Waals surface area contributed by atoms with Gasteiger partial charge >= 0.3 is 11.8 Å². The van der Waals surface area contributed by atoms with E-state index in [-0.39, 0.29) is 17.7 Å². The smallest absolute Gasteiger partial charge is 0.315 e. The van der Waals surface area contributed by atoms with Crippen LogP contribution in [0.25, 0.3) is 11.5 Å². The molecule has 0 aliphatic rings. The van der Waals surface area contributed by atoms with E-state index in [4.69, 9.17) is 9.15 Å². The third-order valence-electron chi connectivity index (χ3n) is 3.57. The van der Waals surface area contributed by atoms with E-state index >= 15 is 0 Å². The summed E-state index contributed by atoms with van der Waals surface area (Å²) in [5, 5.41) is 7.88. The number of para-hydroxylation sites is 2. The van der Waals surface area contributed by atoms with Gasteiger partial charge in [0.2, 0.25) is 0 Å². The van der Waals surface area contributed by atoms with Crippen LogP contribution in [-0.2, 0) is 0 Å². The molecule has 0 radical (unpaired) electrons. The molecule has 122 valence electrons. The third-order valence-corrected chi connectivity index (χ3v) is 3.57. The highest BCUT2D eigenvalue weighted by atomic mass is 16.5. The van der Waals surface area contributed by atoms with E-state index in [9.17, 15) is 4.79 Å². The van der Waals surface area contributed by atoms with Gasteiger partial charge in [-0.3, -0.25) is 4.79 Å². The molecule has 6 heteroatoms. The number of rotatable bonds is 5. The normalized spacial score (nSPS) is 10.4. The van der Waals surface area contributed by atoms with Crippen molar-refractivity contribution >= 4 is 11.6 Å². The number of hydrogen-bond donors (Lipinski definition) is 0. The standard InChI is InChI=1S/C18H17N3O3/c1-3-21(13-9-5-4-6-10-13)18(22)17-20-19-16(24-17)14-11-7-8-12-15(14)23-2/h4-12H,3H2,1-2H3. The number of methoxy groups -OCH3 is 1. The Bertz CT molecular complexity index is 830. The summed E-state index contributed by atoms with van der Waals surface area (Å²) in [6, 6.07) is 16.6. The molecule has 0 bridgehead atoms. The van der Waals surface area contributed by atoms with E-state index in [1.54, 1.807) is 24.1 Å². The van der Waals surface area contributed by atoms with Crippen LogP contribution in [0.4, 0.5) is 5.69 Å². The van der Waals surface area contributed by atoms with Crippen molar-refractivity contribution in [2.75, 3.05) is 18.6 Å². The van der Waals surface area contributed by atoms with Gasteiger partial charge in [0.25, 0.3) is 5.89 Å². The lowest BCUT2D eigenvalue weighted by atomic mass is 10.2. The molecule has 0 N–H and O–H groups in total. The average Bonchev–Trinajstić information content (AvgIpc) is 3.13. The molecule has 24 heavy (non-hydrogen) atoms. The van der Waals surface area contributed by atoms with Crippen LogP contribution >= 0.6 is 0 Å². The average molecular weight is 323 g/mol. The summed E-state index contributed by atoms with van der Waals surface area (Å²) in [7, 11) is 1.56. The summed E-state index contributed by atoms with van der Waals surface area (Å²) < 4.78 is 10.9. The molecule has 1 heterocycles. The second kappa shape index (κ2) is 6.95. The molecule has 3 aromatic rings. The van der Waals surface area contributed by atoms with Crippen molar-refractivity contribution in [1.82, 2.24) is 10.2 Å². The molecule has 0 saturated carbocycles. The Morgan fingerprint density at radius 3 is 2.50 bits per heavy atom. The van der Waals surface area contributed by atoms with Crippen LogP contribution in [0, 0.1) is 0 Å². The molecule has 1 amide bonds. The minimum absolute atomic E-state index is 0.0541. The van der Waals surface area contributed by atoms with Crippen LogP contribution in [0.15, 0.2) is 59.0 Å². The fourth-order valence-corrected chi connectivity index (χ4v) is 2.41. The van der Waals surface area contributed by atoms with Gasteiger partial charge in [0.1, 0.15) is 5.75 Å². The number of carbonyl (C=O) groups is 1. The molecule has 0 saturated heterocycles. The summed E-state index contributed by atoms with van der Waals surface area (Å²) in [6.45, 7) is 2.39. The van der Waals surface area contributed by atoms with Crippen molar-refractivity contribution in [1.29, 1.82) is 0 Å². The maximum Gasteiger partial charge on any atom is 0.315 e. The number of aromatic nitrogens is 2. The zero-order chi connectivity index (χ0) is 16.9. The van der Waals surface area contributed by atoms with Crippen molar-refractivity contribution in [2.24, 2.45) is 0 Å². The Labute approximate surface area is 139 Å². The number of amides is 1. The maximum absolute atomic E-state index is 12.7. The zero-order valence-electron chi connectivity index (χ0n) is 13.5. The number of carbonyl (C=O) groups excluding carboxylic acids is 1. The number of benzene rings is 2. The molecule has 6 nitrogen and oxygen atoms in total. The van der Waals surface area contributed by atoms with Crippen molar-refractivity contribution in [3.05, 3.63) is 60.5 Å². The van der Waals surface area contributed by atoms with Gasteiger partial charge in [0.05, 0.1) is 12.7 Å². The molecule has 0 unspecified atom stereocenters. The second-order valence-corrected chi connectivity index (χ2v) is 5.00. The zero-order valence-corrected chi connectivity index (χ0v) is 13.5. The van der Waals surface area contributed by atoms with E-state index in [1.807, 2.05) is 49.4 Å². The minimum Gasteiger partial charge on any atom is -0.496 e. The number of ether oxygens (including phenoxy) is 1. The van der Waals surface area contributed by atoms with Crippen LogP contribution in [-0.4, -0.2) is 29.8 Å². The number of nitrogens with zero attached hydrogens (tertiary/aromatic N) is 3. The molecule has 3 rings (SSSR count). The largest absolute Gasteiger partial charge is 0.496 e. The Morgan fingerprint density at radius 2 is 1.79 bits per heavy atom. The molecule has 2 aromatic carbocycles. The quantitative estimate of drug-likeness (QED) is 0.719. The fraction of sp³-hybridized carbons (Fsp3) is 0.167. The van der Waals surface area contributed by atoms with Gasteiger partial charge in [0.15, 0.2) is 0 Å². The molecule has 0 aliphatic heterocycles. The predicted molar refractivity (Wildman–Crippen MR) is 90.1 cm³/mol. The Morgan fingerprint density at radius 1 is 1.08 bits per heavy atom. The molecule has 0 atom stereocenters. The topological polar surface area (TPSA) is 68.5 Å². The van der Waals surface area contributed by atoms with E-state index in [2.05, 4.69) is 10.2 Å². The van der Waals surface area contributed by atoms with Crippen molar-refractivity contribution in [2.45, 2.75) is 6.92 Å². The third kappa shape index (κ3) is 2.99. The minimum atomic E-state index is -0.336. The molecule has 0 aliphatic carbocycles. The first-order chi connectivity index (χ1) is 11.7. The SMILES string of the molecule is CCN(C(=O)c1nnc(-c2ccccc2OC)o1)c1ccccc1. The van der Waals surface area contributed by atoms with Crippen LogP contribution in [0.3, 0.4) is 0 Å². The van der Waals surface area contributed by atoms with E-state index in [0.717, 1.165) is 5.69 Å². The van der Waals surface area contributed by atoms with Gasteiger partial charge in [0, 0.05) is 12.2 Å². The van der Waals surface area contributed by atoms with Gasteiger partial charge in [-0.2, -0.15) is 0 Å². The van der Waals surface area contributed by atoms with Crippen LogP contribution < -0.4 is 9.64 Å². The first-order valence-corrected chi connectivity index (χ1v) is 7.58. The van der Waals surface area contributed by atoms with Gasteiger partial charge in [-0.25, -0.2) is 0 Å². The van der Waals surface area contributed by atoms with Crippen LogP contribution in [0.1, 0.15) is 17.6 Å². The maximum atomic E-state index is 12.7. The molecule has 0 spiro atoms. The fourth-order valence-electron chi connectivity index (χ4n) is 2.41. The lowest BCUT2D eigenvalue weighted by Gasteiger charge is -2.18. The Kier molecular flexibility index (Phi) is 4.56. The summed E-state index contributed by atoms with van der Waals surface area (Å²) >= 11 is 0. The number of anilines is 1. The van der Waals surface area contributed by atoms with E-state index in [0.29, 0.717) is 17.9 Å². The number of hydrogen-bond acceptors (Lipinski definition) is 5. The molecule has 1 aromatic heterocycles. The molecular weight excluding hydrogens is 306 g/mol. The highest BCUT2D eigenvalue weighted by Crippen LogP contribution is 2.28. The summed E-state index contributed by atoms with van der Waals surface area (Å²) in [5.74, 6) is 0.467. The lowest BCUT2D eigenvalue weighted by molar-refractivity contribution is 0.0955. The highest BCUT2D eigenvalue weighted by Gasteiger charge is 2.23. The Balaban J connectivity index is 1.91. The van der Waals surface area contributed by atoms with E-state index in [1.165, 1.54) is 0 Å². The van der Waals surface area contributed by atoms with Crippen molar-refractivity contribution < 1.29 is 13.9 Å². The van der Waals surface area contributed by atoms with Crippen LogP contribution in [0.5, 0.6) is 5.75 Å². The predicted octanol–water partition coefficient (Wildman–Crippen LogP) is 3.41. The highest BCUT2D eigenvalue weighted by molar-refractivity contribution is 6.02. The summed E-state index contributed by atoms with van der Waals surface area (Å²) in [4.78, 5) is 14.3. The first-order valence-electron chi connectivity index (χ1n) is 7.58. The summed E-state index contributed by atoms with van der Waals surface area (Å²) in [6.07, 6.45) is 0. The van der Waals surface area contributed by atoms with E-state index < -0.39 is 0 Å².